The molecule has 1 saturated carbocycles. The first-order chi connectivity index (χ1) is 8.20. The van der Waals surface area contributed by atoms with Gasteiger partial charge >= 0.3 is 0 Å². The molecule has 2 nitrogen and oxygen atoms in total. The average molecular weight is 232 g/mol. The molecule has 2 rings (SSSR count). The molecule has 0 radical (unpaired) electrons. The highest BCUT2D eigenvalue weighted by Crippen LogP contribution is 2.39. The Balaban J connectivity index is 2.23. The van der Waals surface area contributed by atoms with E-state index in [0.29, 0.717) is 11.6 Å². The molecule has 1 aromatic carbocycles. The Morgan fingerprint density at radius 1 is 1.59 bits per heavy atom. The van der Waals surface area contributed by atoms with Crippen LogP contribution >= 0.6 is 0 Å². The molecule has 0 spiro atoms. The number of anilines is 1. The molecular weight excluding hydrogens is 215 g/mol. The second kappa shape index (κ2) is 4.75. The molecule has 0 aliphatic heterocycles. The van der Waals surface area contributed by atoms with Gasteiger partial charge < -0.3 is 5.32 Å². The van der Waals surface area contributed by atoms with Crippen LogP contribution in [0.15, 0.2) is 24.3 Å². The smallest absolute Gasteiger partial charge is 0.128 e. The molecule has 17 heavy (non-hydrogen) atoms. The maximum absolute atomic E-state index is 13.1. The Morgan fingerprint density at radius 2 is 2.41 bits per heavy atom. The third-order valence-corrected chi connectivity index (χ3v) is 3.70. The minimum Gasteiger partial charge on any atom is -0.367 e. The minimum atomic E-state index is -0.511. The topological polar surface area (TPSA) is 35.8 Å². The maximum Gasteiger partial charge on any atom is 0.128 e. The SMILES string of the molecule is CCC1CCCC1(C#N)Nc1cccc(F)c1. The van der Waals surface area contributed by atoms with Gasteiger partial charge in [-0.25, -0.2) is 4.39 Å². The highest BCUT2D eigenvalue weighted by molar-refractivity contribution is 5.48. The van der Waals surface area contributed by atoms with E-state index in [2.05, 4.69) is 18.3 Å². The molecule has 1 fully saturated rings. The van der Waals surface area contributed by atoms with Gasteiger partial charge in [0, 0.05) is 5.69 Å². The van der Waals surface area contributed by atoms with E-state index in [1.54, 1.807) is 6.07 Å². The number of benzene rings is 1. The summed E-state index contributed by atoms with van der Waals surface area (Å²) in [4.78, 5) is 0. The summed E-state index contributed by atoms with van der Waals surface area (Å²) in [6.07, 6.45) is 3.97. The van der Waals surface area contributed by atoms with E-state index < -0.39 is 5.54 Å². The van der Waals surface area contributed by atoms with E-state index in [9.17, 15) is 9.65 Å². The van der Waals surface area contributed by atoms with Crippen LogP contribution in [0.2, 0.25) is 0 Å². The molecule has 0 bridgehead atoms. The Bertz CT molecular complexity index is 438. The number of nitriles is 1. The van der Waals surface area contributed by atoms with Crippen molar-refractivity contribution in [1.29, 1.82) is 5.26 Å². The highest BCUT2D eigenvalue weighted by atomic mass is 19.1. The molecule has 1 aromatic rings. The van der Waals surface area contributed by atoms with Crippen LogP contribution in [0.1, 0.15) is 32.6 Å². The van der Waals surface area contributed by atoms with Crippen molar-refractivity contribution in [3.63, 3.8) is 0 Å². The zero-order valence-electron chi connectivity index (χ0n) is 10.0. The van der Waals surface area contributed by atoms with Crippen LogP contribution in [-0.4, -0.2) is 5.54 Å². The van der Waals surface area contributed by atoms with Crippen molar-refractivity contribution in [3.05, 3.63) is 30.1 Å². The van der Waals surface area contributed by atoms with Gasteiger partial charge in [0.15, 0.2) is 0 Å². The molecule has 0 saturated heterocycles. The summed E-state index contributed by atoms with van der Waals surface area (Å²) in [5, 5.41) is 12.7. The van der Waals surface area contributed by atoms with Crippen LogP contribution in [-0.2, 0) is 0 Å². The fourth-order valence-electron chi connectivity index (χ4n) is 2.79. The third kappa shape index (κ3) is 2.26. The molecular formula is C14H17FN2. The summed E-state index contributed by atoms with van der Waals surface area (Å²) in [7, 11) is 0. The molecule has 3 heteroatoms. The van der Waals surface area contributed by atoms with Gasteiger partial charge in [-0.2, -0.15) is 5.26 Å². The van der Waals surface area contributed by atoms with Gasteiger partial charge in [-0.05, 0) is 43.4 Å². The molecule has 1 aliphatic rings. The predicted octanol–water partition coefficient (Wildman–Crippen LogP) is 3.71. The van der Waals surface area contributed by atoms with Gasteiger partial charge in [-0.3, -0.25) is 0 Å². The van der Waals surface area contributed by atoms with Crippen molar-refractivity contribution >= 4 is 5.69 Å². The molecule has 1 aliphatic carbocycles. The van der Waals surface area contributed by atoms with Crippen LogP contribution in [0.3, 0.4) is 0 Å². The van der Waals surface area contributed by atoms with E-state index in [0.717, 1.165) is 25.7 Å². The number of nitrogens with one attached hydrogen (secondary N) is 1. The zero-order valence-corrected chi connectivity index (χ0v) is 10.0. The largest absolute Gasteiger partial charge is 0.367 e. The van der Waals surface area contributed by atoms with Crippen LogP contribution in [0.5, 0.6) is 0 Å². The maximum atomic E-state index is 13.1. The number of rotatable bonds is 3. The van der Waals surface area contributed by atoms with Crippen LogP contribution in [0.4, 0.5) is 10.1 Å². The lowest BCUT2D eigenvalue weighted by Gasteiger charge is -2.30. The lowest BCUT2D eigenvalue weighted by molar-refractivity contribution is 0.414. The lowest BCUT2D eigenvalue weighted by atomic mass is 9.86. The Hall–Kier alpha value is -1.56. The Labute approximate surface area is 101 Å². The van der Waals surface area contributed by atoms with Gasteiger partial charge in [-0.15, -0.1) is 0 Å². The summed E-state index contributed by atoms with van der Waals surface area (Å²) in [5.41, 5.74) is 0.189. The fourth-order valence-corrected chi connectivity index (χ4v) is 2.79. The van der Waals surface area contributed by atoms with Gasteiger partial charge in [-0.1, -0.05) is 19.4 Å². The number of nitrogens with zero attached hydrogens (tertiary/aromatic N) is 1. The second-order valence-corrected chi connectivity index (χ2v) is 4.72. The van der Waals surface area contributed by atoms with Crippen molar-refractivity contribution in [2.45, 2.75) is 38.1 Å². The first kappa shape index (κ1) is 11.9. The number of hydrogen-bond donors (Lipinski definition) is 1. The fraction of sp³-hybridized carbons (Fsp3) is 0.500. The van der Waals surface area contributed by atoms with Crippen LogP contribution in [0, 0.1) is 23.1 Å². The van der Waals surface area contributed by atoms with E-state index in [1.165, 1.54) is 12.1 Å². The minimum absolute atomic E-state index is 0.269. The molecule has 90 valence electrons. The quantitative estimate of drug-likeness (QED) is 0.862. The van der Waals surface area contributed by atoms with Gasteiger partial charge in [0.05, 0.1) is 6.07 Å². The summed E-state index contributed by atoms with van der Waals surface area (Å²) >= 11 is 0. The monoisotopic (exact) mass is 232 g/mol. The summed E-state index contributed by atoms with van der Waals surface area (Å²) < 4.78 is 13.1. The van der Waals surface area contributed by atoms with Crippen LogP contribution in [0.25, 0.3) is 0 Å². The molecule has 2 atom stereocenters. The zero-order chi connectivity index (χ0) is 12.3. The van der Waals surface area contributed by atoms with E-state index in [4.69, 9.17) is 0 Å². The second-order valence-electron chi connectivity index (χ2n) is 4.72. The Kier molecular flexibility index (Phi) is 3.33. The van der Waals surface area contributed by atoms with Crippen LogP contribution < -0.4 is 5.32 Å². The van der Waals surface area contributed by atoms with Gasteiger partial charge in [0.2, 0.25) is 0 Å². The van der Waals surface area contributed by atoms with Crippen molar-refractivity contribution in [1.82, 2.24) is 0 Å². The third-order valence-electron chi connectivity index (χ3n) is 3.70. The first-order valence-electron chi connectivity index (χ1n) is 6.15. The predicted molar refractivity (Wildman–Crippen MR) is 66.0 cm³/mol. The number of halogens is 1. The Morgan fingerprint density at radius 3 is 3.06 bits per heavy atom. The standard InChI is InChI=1S/C14H17FN2/c1-2-11-5-4-8-14(11,10-16)17-13-7-3-6-12(15)9-13/h3,6-7,9,11,17H,2,4-5,8H2,1H3. The first-order valence-corrected chi connectivity index (χ1v) is 6.15. The summed E-state index contributed by atoms with van der Waals surface area (Å²) in [5.74, 6) is 0.0879. The molecule has 1 N–H and O–H groups in total. The highest BCUT2D eigenvalue weighted by Gasteiger charge is 2.42. The molecule has 2 unspecified atom stereocenters. The lowest BCUT2D eigenvalue weighted by Crippen LogP contribution is -2.40. The van der Waals surface area contributed by atoms with E-state index >= 15 is 0 Å². The average Bonchev–Trinajstić information content (AvgIpc) is 2.72. The normalized spacial score (nSPS) is 27.7. The van der Waals surface area contributed by atoms with Crippen molar-refractivity contribution in [2.24, 2.45) is 5.92 Å². The molecule has 0 amide bonds. The number of hydrogen-bond acceptors (Lipinski definition) is 2. The van der Waals surface area contributed by atoms with Crippen molar-refractivity contribution in [2.75, 3.05) is 5.32 Å². The molecule has 0 aromatic heterocycles. The van der Waals surface area contributed by atoms with Gasteiger partial charge in [0.25, 0.3) is 0 Å². The van der Waals surface area contributed by atoms with E-state index in [-0.39, 0.29) is 5.82 Å². The summed E-state index contributed by atoms with van der Waals surface area (Å²) in [6.45, 7) is 2.11. The van der Waals surface area contributed by atoms with Gasteiger partial charge in [0.1, 0.15) is 11.4 Å². The van der Waals surface area contributed by atoms with Crippen molar-refractivity contribution in [3.8, 4) is 6.07 Å². The molecule has 0 heterocycles. The van der Waals surface area contributed by atoms with Crippen molar-refractivity contribution < 1.29 is 4.39 Å². The summed E-state index contributed by atoms with van der Waals surface area (Å²) in [6, 6.07) is 8.75. The van der Waals surface area contributed by atoms with E-state index in [1.807, 2.05) is 6.07 Å².